The van der Waals surface area contributed by atoms with E-state index >= 15 is 0 Å². The van der Waals surface area contributed by atoms with Crippen LogP contribution in [0.5, 0.6) is 0 Å². The van der Waals surface area contributed by atoms with Crippen molar-refractivity contribution >= 4 is 57.3 Å². The molecule has 29 heavy (non-hydrogen) atoms. The molecule has 1 aromatic heterocycles. The molecule has 2 amide bonds. The van der Waals surface area contributed by atoms with Crippen molar-refractivity contribution in [3.8, 4) is 0 Å². The molecular weight excluding hydrogens is 413 g/mol. The number of rotatable bonds is 4. The van der Waals surface area contributed by atoms with E-state index in [9.17, 15) is 14.4 Å². The summed E-state index contributed by atoms with van der Waals surface area (Å²) in [7, 11) is 0. The number of aromatic nitrogens is 1. The third-order valence-electron chi connectivity index (χ3n) is 4.33. The van der Waals surface area contributed by atoms with Gasteiger partial charge in [0.1, 0.15) is 5.56 Å². The van der Waals surface area contributed by atoms with Crippen molar-refractivity contribution in [2.45, 2.75) is 26.8 Å². The summed E-state index contributed by atoms with van der Waals surface area (Å²) in [5.74, 6) is -0.857. The standard InChI is InChI=1S/C21H19Cl2N3O3/c1-11(2)26-10-16(20(28)15-8-13(22)4-7-19(15)26)21(29)25-18-9-14(24-12(3)27)5-6-17(18)23/h4-11H,1-3H3,(H,24,27)(H,25,29). The van der Waals surface area contributed by atoms with E-state index < -0.39 is 11.3 Å². The van der Waals surface area contributed by atoms with Crippen LogP contribution in [0.4, 0.5) is 11.4 Å². The van der Waals surface area contributed by atoms with Crippen LogP contribution in [-0.4, -0.2) is 16.4 Å². The van der Waals surface area contributed by atoms with E-state index in [0.29, 0.717) is 21.6 Å². The first-order chi connectivity index (χ1) is 13.7. The number of nitrogens with one attached hydrogen (secondary N) is 2. The summed E-state index contributed by atoms with van der Waals surface area (Å²) in [5.41, 5.74) is 0.990. The molecule has 0 fully saturated rings. The number of anilines is 2. The fraction of sp³-hybridized carbons (Fsp3) is 0.190. The minimum atomic E-state index is -0.604. The van der Waals surface area contributed by atoms with E-state index in [1.165, 1.54) is 19.2 Å². The molecule has 6 nitrogen and oxygen atoms in total. The topological polar surface area (TPSA) is 80.2 Å². The summed E-state index contributed by atoms with van der Waals surface area (Å²) < 4.78 is 1.84. The van der Waals surface area contributed by atoms with Gasteiger partial charge in [-0.15, -0.1) is 0 Å². The van der Waals surface area contributed by atoms with Crippen molar-refractivity contribution < 1.29 is 9.59 Å². The predicted molar refractivity (Wildman–Crippen MR) is 117 cm³/mol. The summed E-state index contributed by atoms with van der Waals surface area (Å²) in [6, 6.07) is 9.72. The molecule has 3 aromatic rings. The molecular formula is C21H19Cl2N3O3. The second kappa shape index (κ2) is 8.27. The minimum Gasteiger partial charge on any atom is -0.344 e. The van der Waals surface area contributed by atoms with Crippen molar-refractivity contribution in [1.82, 2.24) is 4.57 Å². The third-order valence-corrected chi connectivity index (χ3v) is 4.89. The van der Waals surface area contributed by atoms with Crippen LogP contribution in [0.2, 0.25) is 10.0 Å². The smallest absolute Gasteiger partial charge is 0.261 e. The number of amides is 2. The number of benzene rings is 2. The van der Waals surface area contributed by atoms with Gasteiger partial charge in [-0.2, -0.15) is 0 Å². The van der Waals surface area contributed by atoms with Crippen LogP contribution in [0.1, 0.15) is 37.2 Å². The Morgan fingerprint density at radius 1 is 1.03 bits per heavy atom. The Bertz CT molecular complexity index is 1190. The lowest BCUT2D eigenvalue weighted by Gasteiger charge is -2.17. The largest absolute Gasteiger partial charge is 0.344 e. The molecule has 0 atom stereocenters. The molecule has 0 aliphatic rings. The number of carbonyl (C=O) groups is 2. The highest BCUT2D eigenvalue weighted by atomic mass is 35.5. The van der Waals surface area contributed by atoms with Crippen molar-refractivity contribution in [3.63, 3.8) is 0 Å². The average Bonchev–Trinajstić information content (AvgIpc) is 2.64. The molecule has 2 N–H and O–H groups in total. The molecule has 0 aliphatic heterocycles. The molecule has 2 aromatic carbocycles. The number of fused-ring (bicyclic) bond motifs is 1. The maximum Gasteiger partial charge on any atom is 0.261 e. The number of carbonyl (C=O) groups excluding carboxylic acids is 2. The number of halogens is 2. The second-order valence-corrected chi connectivity index (χ2v) is 7.71. The van der Waals surface area contributed by atoms with E-state index in [1.807, 2.05) is 18.4 Å². The van der Waals surface area contributed by atoms with Crippen LogP contribution >= 0.6 is 23.2 Å². The van der Waals surface area contributed by atoms with Crippen molar-refractivity contribution in [2.75, 3.05) is 10.6 Å². The molecule has 0 spiro atoms. The normalized spacial score (nSPS) is 11.0. The van der Waals surface area contributed by atoms with Gasteiger partial charge in [0.25, 0.3) is 5.91 Å². The lowest BCUT2D eigenvalue weighted by atomic mass is 10.1. The Morgan fingerprint density at radius 3 is 2.41 bits per heavy atom. The molecule has 0 bridgehead atoms. The molecule has 1 heterocycles. The fourth-order valence-corrected chi connectivity index (χ4v) is 3.35. The fourth-order valence-electron chi connectivity index (χ4n) is 3.01. The van der Waals surface area contributed by atoms with Crippen LogP contribution in [0, 0.1) is 0 Å². The van der Waals surface area contributed by atoms with Gasteiger partial charge < -0.3 is 15.2 Å². The molecule has 0 saturated heterocycles. The summed E-state index contributed by atoms with van der Waals surface area (Å²) in [6.45, 7) is 5.28. The van der Waals surface area contributed by atoms with Gasteiger partial charge >= 0.3 is 0 Å². The zero-order valence-corrected chi connectivity index (χ0v) is 17.6. The van der Waals surface area contributed by atoms with Gasteiger partial charge in [-0.25, -0.2) is 0 Å². The molecule has 3 rings (SSSR count). The van der Waals surface area contributed by atoms with Gasteiger partial charge in [0, 0.05) is 35.3 Å². The lowest BCUT2D eigenvalue weighted by molar-refractivity contribution is -0.114. The van der Waals surface area contributed by atoms with Gasteiger partial charge in [0.2, 0.25) is 11.3 Å². The summed E-state index contributed by atoms with van der Waals surface area (Å²) in [5, 5.41) is 6.33. The van der Waals surface area contributed by atoms with Crippen molar-refractivity contribution in [3.05, 3.63) is 68.4 Å². The van der Waals surface area contributed by atoms with Crippen molar-refractivity contribution in [2.24, 2.45) is 0 Å². The quantitative estimate of drug-likeness (QED) is 0.602. The Labute approximate surface area is 177 Å². The Morgan fingerprint density at radius 2 is 1.76 bits per heavy atom. The van der Waals surface area contributed by atoms with Gasteiger partial charge in [0.15, 0.2) is 0 Å². The third kappa shape index (κ3) is 4.44. The highest BCUT2D eigenvalue weighted by molar-refractivity contribution is 6.34. The van der Waals surface area contributed by atoms with Gasteiger partial charge in [0.05, 0.1) is 16.2 Å². The number of pyridine rings is 1. The summed E-state index contributed by atoms with van der Waals surface area (Å²) in [6.07, 6.45) is 1.53. The van der Waals surface area contributed by atoms with Gasteiger partial charge in [-0.05, 0) is 50.2 Å². The lowest BCUT2D eigenvalue weighted by Crippen LogP contribution is -2.24. The maximum absolute atomic E-state index is 13.0. The Balaban J connectivity index is 2.07. The van der Waals surface area contributed by atoms with E-state index in [-0.39, 0.29) is 28.2 Å². The molecule has 0 saturated carbocycles. The molecule has 0 radical (unpaired) electrons. The highest BCUT2D eigenvalue weighted by Gasteiger charge is 2.18. The first-order valence-electron chi connectivity index (χ1n) is 8.90. The first-order valence-corrected chi connectivity index (χ1v) is 9.66. The molecule has 150 valence electrons. The van der Waals surface area contributed by atoms with Crippen LogP contribution < -0.4 is 16.1 Å². The minimum absolute atomic E-state index is 0.0116. The van der Waals surface area contributed by atoms with E-state index in [1.54, 1.807) is 30.3 Å². The second-order valence-electron chi connectivity index (χ2n) is 6.86. The van der Waals surface area contributed by atoms with Crippen LogP contribution in [0.25, 0.3) is 10.9 Å². The monoisotopic (exact) mass is 431 g/mol. The highest BCUT2D eigenvalue weighted by Crippen LogP contribution is 2.26. The number of hydrogen-bond donors (Lipinski definition) is 2. The molecule has 0 unspecified atom stereocenters. The SMILES string of the molecule is CC(=O)Nc1ccc(Cl)c(NC(=O)c2cn(C(C)C)c3ccc(Cl)cc3c2=O)c1. The first kappa shape index (κ1) is 20.9. The van der Waals surface area contributed by atoms with Crippen LogP contribution in [0.3, 0.4) is 0 Å². The predicted octanol–water partition coefficient (Wildman–Crippen LogP) is 5.10. The number of nitrogens with zero attached hydrogens (tertiary/aromatic N) is 1. The Kier molecular flexibility index (Phi) is 5.96. The zero-order chi connectivity index (χ0) is 21.3. The van der Waals surface area contributed by atoms with Gasteiger partial charge in [-0.1, -0.05) is 23.2 Å². The van der Waals surface area contributed by atoms with E-state index in [4.69, 9.17) is 23.2 Å². The Hall–Kier alpha value is -2.83. The molecule has 0 aliphatic carbocycles. The van der Waals surface area contributed by atoms with E-state index in [2.05, 4.69) is 10.6 Å². The van der Waals surface area contributed by atoms with Gasteiger partial charge in [-0.3, -0.25) is 14.4 Å². The maximum atomic E-state index is 13.0. The summed E-state index contributed by atoms with van der Waals surface area (Å²) >= 11 is 12.2. The summed E-state index contributed by atoms with van der Waals surface area (Å²) in [4.78, 5) is 37.1. The van der Waals surface area contributed by atoms with Crippen LogP contribution in [0.15, 0.2) is 47.4 Å². The number of hydrogen-bond acceptors (Lipinski definition) is 3. The molecule has 8 heteroatoms. The van der Waals surface area contributed by atoms with Crippen LogP contribution in [-0.2, 0) is 4.79 Å². The average molecular weight is 432 g/mol. The van der Waals surface area contributed by atoms with E-state index in [0.717, 1.165) is 0 Å². The van der Waals surface area contributed by atoms with Crippen molar-refractivity contribution in [1.29, 1.82) is 0 Å². The zero-order valence-electron chi connectivity index (χ0n) is 16.0.